The first-order valence-electron chi connectivity index (χ1n) is 7.59. The molecule has 2 aliphatic heterocycles. The van der Waals surface area contributed by atoms with Gasteiger partial charge in [0.15, 0.2) is 0 Å². The Morgan fingerprint density at radius 2 is 1.79 bits per heavy atom. The summed E-state index contributed by atoms with van der Waals surface area (Å²) in [6.45, 7) is 0. The van der Waals surface area contributed by atoms with Crippen LogP contribution >= 0.6 is 0 Å². The number of allylic oxidation sites excluding steroid dienone is 2. The molecular formula is C16H23N3. The molecule has 4 aliphatic rings. The molecule has 2 heterocycles. The third-order valence-electron chi connectivity index (χ3n) is 5.59. The lowest BCUT2D eigenvalue weighted by Gasteiger charge is -2.48. The highest BCUT2D eigenvalue weighted by Gasteiger charge is 2.52. The maximum atomic E-state index is 6.09. The number of fused-ring (bicyclic) bond motifs is 4. The fourth-order valence-corrected chi connectivity index (χ4v) is 4.49. The first-order chi connectivity index (χ1) is 9.28. The SMILES string of the molecule is NC1CCC2(CC1)NC=C[C@@H]1C3C=CC=CC3N[C@@H]12. The van der Waals surface area contributed by atoms with Crippen LogP contribution < -0.4 is 16.4 Å². The topological polar surface area (TPSA) is 50.1 Å². The quantitative estimate of drug-likeness (QED) is 0.615. The van der Waals surface area contributed by atoms with Gasteiger partial charge in [-0.15, -0.1) is 0 Å². The van der Waals surface area contributed by atoms with E-state index < -0.39 is 0 Å². The average molecular weight is 257 g/mol. The summed E-state index contributed by atoms with van der Waals surface area (Å²) in [5.74, 6) is 1.25. The van der Waals surface area contributed by atoms with Crippen molar-refractivity contribution >= 4 is 0 Å². The van der Waals surface area contributed by atoms with E-state index >= 15 is 0 Å². The lowest BCUT2D eigenvalue weighted by molar-refractivity contribution is 0.156. The second-order valence-electron chi connectivity index (χ2n) is 6.59. The maximum Gasteiger partial charge on any atom is 0.0528 e. The highest BCUT2D eigenvalue weighted by molar-refractivity contribution is 5.29. The molecule has 0 radical (unpaired) electrons. The van der Waals surface area contributed by atoms with Crippen molar-refractivity contribution in [3.05, 3.63) is 36.6 Å². The van der Waals surface area contributed by atoms with Crippen LogP contribution in [0.2, 0.25) is 0 Å². The second-order valence-corrected chi connectivity index (χ2v) is 6.59. The van der Waals surface area contributed by atoms with E-state index in [4.69, 9.17) is 5.73 Å². The fourth-order valence-electron chi connectivity index (χ4n) is 4.49. The minimum Gasteiger partial charge on any atom is -0.384 e. The molecule has 102 valence electrons. The zero-order chi connectivity index (χ0) is 12.9. The van der Waals surface area contributed by atoms with Crippen molar-refractivity contribution in [2.24, 2.45) is 17.6 Å². The molecule has 2 fully saturated rings. The molecular weight excluding hydrogens is 234 g/mol. The van der Waals surface area contributed by atoms with Crippen LogP contribution in [0.1, 0.15) is 25.7 Å². The zero-order valence-corrected chi connectivity index (χ0v) is 11.3. The number of hydrogen-bond acceptors (Lipinski definition) is 3. The normalized spacial score (nSPS) is 50.9. The van der Waals surface area contributed by atoms with Gasteiger partial charge in [-0.2, -0.15) is 0 Å². The van der Waals surface area contributed by atoms with Gasteiger partial charge in [-0.1, -0.05) is 30.4 Å². The van der Waals surface area contributed by atoms with Crippen LogP contribution in [0.5, 0.6) is 0 Å². The summed E-state index contributed by atoms with van der Waals surface area (Å²) in [6.07, 6.45) is 18.3. The minimum absolute atomic E-state index is 0.230. The van der Waals surface area contributed by atoms with Crippen molar-refractivity contribution in [3.63, 3.8) is 0 Å². The van der Waals surface area contributed by atoms with E-state index in [0.717, 1.165) is 12.8 Å². The standard InChI is InChI=1S/C16H23N3/c17-11-5-8-16(9-6-11)15-13(7-10-18-16)12-3-1-2-4-14(12)19-15/h1-4,7,10-15,18-19H,5-6,8-9,17H2/t11?,12?,13-,14?,15+,16?/m1/s1. The summed E-state index contributed by atoms with van der Waals surface area (Å²) in [7, 11) is 0. The molecule has 0 bridgehead atoms. The third kappa shape index (κ3) is 1.72. The largest absolute Gasteiger partial charge is 0.384 e. The third-order valence-corrected chi connectivity index (χ3v) is 5.59. The number of rotatable bonds is 0. The van der Waals surface area contributed by atoms with Crippen LogP contribution in [0.4, 0.5) is 0 Å². The van der Waals surface area contributed by atoms with Crippen LogP contribution in [0, 0.1) is 11.8 Å². The molecule has 0 aromatic heterocycles. The summed E-state index contributed by atoms with van der Waals surface area (Å²) in [5.41, 5.74) is 6.32. The minimum atomic E-state index is 0.230. The molecule has 1 saturated heterocycles. The molecule has 0 amide bonds. The molecule has 2 aliphatic carbocycles. The van der Waals surface area contributed by atoms with Crippen molar-refractivity contribution in [2.45, 2.75) is 49.3 Å². The summed E-state index contributed by atoms with van der Waals surface area (Å²) >= 11 is 0. The molecule has 2 unspecified atom stereocenters. The van der Waals surface area contributed by atoms with Crippen LogP contribution in [0.3, 0.4) is 0 Å². The molecule has 19 heavy (non-hydrogen) atoms. The first-order valence-corrected chi connectivity index (χ1v) is 7.59. The molecule has 4 rings (SSSR count). The number of hydrogen-bond donors (Lipinski definition) is 3. The summed E-state index contributed by atoms with van der Waals surface area (Å²) in [4.78, 5) is 0. The number of nitrogens with one attached hydrogen (secondary N) is 2. The average Bonchev–Trinajstić information content (AvgIpc) is 2.83. The Kier molecular flexibility index (Phi) is 2.61. The molecule has 4 N–H and O–H groups in total. The van der Waals surface area contributed by atoms with Gasteiger partial charge >= 0.3 is 0 Å². The van der Waals surface area contributed by atoms with Crippen LogP contribution in [-0.2, 0) is 0 Å². The second kappa shape index (κ2) is 4.22. The van der Waals surface area contributed by atoms with Crippen LogP contribution in [-0.4, -0.2) is 23.7 Å². The highest BCUT2D eigenvalue weighted by Crippen LogP contribution is 2.44. The molecule has 3 heteroatoms. The van der Waals surface area contributed by atoms with Gasteiger partial charge < -0.3 is 16.4 Å². The molecule has 4 atom stereocenters. The Hall–Kier alpha value is -1.06. The highest BCUT2D eigenvalue weighted by atomic mass is 15.1. The molecule has 0 aromatic rings. The lowest BCUT2D eigenvalue weighted by Crippen LogP contribution is -2.62. The van der Waals surface area contributed by atoms with Gasteiger partial charge in [0.1, 0.15) is 0 Å². The van der Waals surface area contributed by atoms with E-state index in [9.17, 15) is 0 Å². The van der Waals surface area contributed by atoms with Gasteiger partial charge in [0.2, 0.25) is 0 Å². The van der Waals surface area contributed by atoms with E-state index in [2.05, 4.69) is 47.2 Å². The molecule has 1 saturated carbocycles. The van der Waals surface area contributed by atoms with Gasteiger partial charge in [-0.25, -0.2) is 0 Å². The van der Waals surface area contributed by atoms with E-state index in [1.54, 1.807) is 0 Å². The van der Waals surface area contributed by atoms with Crippen molar-refractivity contribution in [3.8, 4) is 0 Å². The lowest BCUT2D eigenvalue weighted by atomic mass is 9.68. The molecule has 1 spiro atoms. The predicted octanol–water partition coefficient (Wildman–Crippen LogP) is 1.44. The number of nitrogens with two attached hydrogens (primary N) is 1. The van der Waals surface area contributed by atoms with E-state index in [1.165, 1.54) is 12.8 Å². The van der Waals surface area contributed by atoms with Crippen LogP contribution in [0.15, 0.2) is 36.6 Å². The Morgan fingerprint density at radius 3 is 2.63 bits per heavy atom. The molecule has 0 aromatic carbocycles. The zero-order valence-electron chi connectivity index (χ0n) is 11.3. The van der Waals surface area contributed by atoms with Crippen molar-refractivity contribution < 1.29 is 0 Å². The molecule has 3 nitrogen and oxygen atoms in total. The van der Waals surface area contributed by atoms with Gasteiger partial charge in [-0.05, 0) is 31.9 Å². The van der Waals surface area contributed by atoms with Gasteiger partial charge in [0.05, 0.1) is 5.54 Å². The monoisotopic (exact) mass is 257 g/mol. The van der Waals surface area contributed by atoms with E-state index in [0.29, 0.717) is 30.0 Å². The van der Waals surface area contributed by atoms with Crippen molar-refractivity contribution in [2.75, 3.05) is 0 Å². The van der Waals surface area contributed by atoms with Gasteiger partial charge in [0, 0.05) is 30.0 Å². The Morgan fingerprint density at radius 1 is 1.00 bits per heavy atom. The smallest absolute Gasteiger partial charge is 0.0528 e. The van der Waals surface area contributed by atoms with Crippen molar-refractivity contribution in [1.29, 1.82) is 0 Å². The predicted molar refractivity (Wildman–Crippen MR) is 77.4 cm³/mol. The Balaban J connectivity index is 1.64. The van der Waals surface area contributed by atoms with Crippen molar-refractivity contribution in [1.82, 2.24) is 10.6 Å². The van der Waals surface area contributed by atoms with Gasteiger partial charge in [0.25, 0.3) is 0 Å². The Bertz CT molecular complexity index is 443. The summed E-state index contributed by atoms with van der Waals surface area (Å²) in [6, 6.07) is 1.46. The van der Waals surface area contributed by atoms with E-state index in [-0.39, 0.29) is 5.54 Å². The Labute approximate surface area is 115 Å². The summed E-state index contributed by atoms with van der Waals surface area (Å²) in [5, 5.41) is 7.57. The van der Waals surface area contributed by atoms with E-state index in [1.807, 2.05) is 0 Å². The first kappa shape index (κ1) is 11.7. The van der Waals surface area contributed by atoms with Crippen LogP contribution in [0.25, 0.3) is 0 Å². The fraction of sp³-hybridized carbons (Fsp3) is 0.625. The maximum absolute atomic E-state index is 6.09. The summed E-state index contributed by atoms with van der Waals surface area (Å²) < 4.78 is 0. The van der Waals surface area contributed by atoms with Gasteiger partial charge in [-0.3, -0.25) is 0 Å².